The highest BCUT2D eigenvalue weighted by Crippen LogP contribution is 2.26. The Balaban J connectivity index is 2.12. The summed E-state index contributed by atoms with van der Waals surface area (Å²) in [6, 6.07) is 1.03. The maximum absolute atomic E-state index is 12.5. The lowest BCUT2D eigenvalue weighted by molar-refractivity contribution is -0.144. The molecule has 2 rings (SSSR count). The number of alkyl halides is 3. The Morgan fingerprint density at radius 2 is 1.88 bits per heavy atom. The minimum absolute atomic E-state index is 0.273. The Morgan fingerprint density at radius 3 is 2.42 bits per heavy atom. The third-order valence-electron chi connectivity index (χ3n) is 3.20. The van der Waals surface area contributed by atoms with E-state index >= 15 is 0 Å². The molecule has 0 spiro atoms. The zero-order valence-corrected chi connectivity index (χ0v) is 15.1. The van der Waals surface area contributed by atoms with Crippen molar-refractivity contribution in [2.75, 3.05) is 22.6 Å². The zero-order valence-electron chi connectivity index (χ0n) is 14.3. The number of amides is 1. The normalized spacial score (nSPS) is 12.7. The van der Waals surface area contributed by atoms with E-state index in [2.05, 4.69) is 30.7 Å². The van der Waals surface area contributed by atoms with Crippen molar-refractivity contribution < 1.29 is 18.0 Å². The van der Waals surface area contributed by atoms with Crippen LogP contribution in [0.5, 0.6) is 0 Å². The molecule has 0 unspecified atom stereocenters. The molecular weight excluding hydrogens is 371 g/mol. The predicted molar refractivity (Wildman–Crippen MR) is 91.9 cm³/mol. The van der Waals surface area contributed by atoms with E-state index in [0.717, 1.165) is 11.4 Å². The summed E-state index contributed by atoms with van der Waals surface area (Å²) in [4.78, 5) is 24.1. The molecule has 12 heteroatoms. The van der Waals surface area contributed by atoms with Crippen LogP contribution >= 0.6 is 11.8 Å². The second kappa shape index (κ2) is 8.34. The number of hydrogen-bond acceptors (Lipinski definition) is 7. The first kappa shape index (κ1) is 19.9. The van der Waals surface area contributed by atoms with Crippen molar-refractivity contribution in [1.82, 2.24) is 25.1 Å². The molecule has 0 aliphatic heterocycles. The first-order valence-electron chi connectivity index (χ1n) is 7.57. The number of halogens is 3. The molecule has 2 heterocycles. The molecular formula is C14H18F3N7OS. The van der Waals surface area contributed by atoms with Crippen LogP contribution in [0.2, 0.25) is 0 Å². The van der Waals surface area contributed by atoms with Gasteiger partial charge in [-0.25, -0.2) is 9.97 Å². The molecule has 0 saturated carbocycles. The number of carbonyl (C=O) groups is 1. The second-order valence-electron chi connectivity index (χ2n) is 5.45. The first-order valence-corrected chi connectivity index (χ1v) is 8.96. The third-order valence-corrected chi connectivity index (χ3v) is 3.85. The molecule has 0 saturated heterocycles. The lowest BCUT2D eigenvalue weighted by atomic mass is 10.2. The van der Waals surface area contributed by atoms with Gasteiger partial charge in [-0.05, 0) is 38.3 Å². The van der Waals surface area contributed by atoms with E-state index < -0.39 is 29.9 Å². The molecule has 0 aliphatic rings. The van der Waals surface area contributed by atoms with Gasteiger partial charge in [-0.2, -0.15) is 29.9 Å². The van der Waals surface area contributed by atoms with Gasteiger partial charge in [-0.3, -0.25) is 15.2 Å². The van der Waals surface area contributed by atoms with Crippen LogP contribution in [0.15, 0.2) is 6.07 Å². The highest BCUT2D eigenvalue weighted by Gasteiger charge is 2.35. The van der Waals surface area contributed by atoms with Gasteiger partial charge in [0.25, 0.3) is 0 Å². The molecule has 2 aromatic heterocycles. The molecule has 8 nitrogen and oxygen atoms in total. The number of carbonyl (C=O) groups excluding carboxylic acids is 1. The van der Waals surface area contributed by atoms with Crippen LogP contribution in [-0.4, -0.2) is 49.1 Å². The smallest absolute Gasteiger partial charge is 0.342 e. The van der Waals surface area contributed by atoms with Gasteiger partial charge in [0.15, 0.2) is 0 Å². The van der Waals surface area contributed by atoms with Gasteiger partial charge in [-0.1, -0.05) is 0 Å². The maximum atomic E-state index is 12.5. The van der Waals surface area contributed by atoms with Crippen molar-refractivity contribution >= 4 is 29.6 Å². The van der Waals surface area contributed by atoms with Gasteiger partial charge in [0.2, 0.25) is 23.6 Å². The molecule has 142 valence electrons. The van der Waals surface area contributed by atoms with Gasteiger partial charge in [0.1, 0.15) is 6.04 Å². The van der Waals surface area contributed by atoms with E-state index in [1.54, 1.807) is 25.0 Å². The third kappa shape index (κ3) is 5.58. The fourth-order valence-corrected chi connectivity index (χ4v) is 2.56. The minimum atomic E-state index is -4.67. The summed E-state index contributed by atoms with van der Waals surface area (Å²) in [5.74, 6) is -1.37. The standard InChI is InChI=1S/C14H18F3N7OS/c1-7-6-8(2)19-12(18-7)20-9(4-5-26-3)10(25)21-13-22-11(23-24-13)14(15,16)17/h6,9H,4-5H2,1-3H3,(H,18,19,20)(H2,21,22,23,24,25)/t9-/m0/s1. The van der Waals surface area contributed by atoms with Gasteiger partial charge in [0, 0.05) is 11.4 Å². The Morgan fingerprint density at radius 1 is 1.23 bits per heavy atom. The van der Waals surface area contributed by atoms with Gasteiger partial charge >= 0.3 is 6.18 Å². The molecule has 1 amide bonds. The van der Waals surface area contributed by atoms with E-state index in [-0.39, 0.29) is 5.95 Å². The lowest BCUT2D eigenvalue weighted by Crippen LogP contribution is -2.36. The van der Waals surface area contributed by atoms with Gasteiger partial charge in [0.05, 0.1) is 0 Å². The average Bonchev–Trinajstić information content (AvgIpc) is 2.99. The highest BCUT2D eigenvalue weighted by molar-refractivity contribution is 7.98. The van der Waals surface area contributed by atoms with E-state index in [1.165, 1.54) is 11.8 Å². The SMILES string of the molecule is CSCC[C@H](Nc1nc(C)cc(C)n1)C(=O)Nc1n[nH]c(C(F)(F)F)n1. The van der Waals surface area contributed by atoms with Crippen molar-refractivity contribution in [3.05, 3.63) is 23.3 Å². The van der Waals surface area contributed by atoms with E-state index in [1.807, 2.05) is 6.26 Å². The summed E-state index contributed by atoms with van der Waals surface area (Å²) < 4.78 is 37.6. The van der Waals surface area contributed by atoms with Crippen LogP contribution in [0.4, 0.5) is 25.1 Å². The number of thioether (sulfide) groups is 1. The van der Waals surface area contributed by atoms with E-state index in [9.17, 15) is 18.0 Å². The van der Waals surface area contributed by atoms with Crippen molar-refractivity contribution in [3.63, 3.8) is 0 Å². The van der Waals surface area contributed by atoms with Crippen LogP contribution in [-0.2, 0) is 11.0 Å². The van der Waals surface area contributed by atoms with Crippen molar-refractivity contribution in [3.8, 4) is 0 Å². The molecule has 0 aromatic carbocycles. The predicted octanol–water partition coefficient (Wildman–Crippen LogP) is 2.40. The Hall–Kier alpha value is -2.37. The number of hydrogen-bond donors (Lipinski definition) is 3. The summed E-state index contributed by atoms with van der Waals surface area (Å²) in [6.07, 6.45) is -2.37. The number of H-pyrrole nitrogens is 1. The van der Waals surface area contributed by atoms with Crippen LogP contribution in [0.25, 0.3) is 0 Å². The number of nitrogens with zero attached hydrogens (tertiary/aromatic N) is 4. The monoisotopic (exact) mass is 389 g/mol. The first-order chi connectivity index (χ1) is 12.2. The summed E-state index contributed by atoms with van der Waals surface area (Å²) in [5, 5.41) is 10.3. The quantitative estimate of drug-likeness (QED) is 0.667. The lowest BCUT2D eigenvalue weighted by Gasteiger charge is -2.17. The number of aromatic amines is 1. The van der Waals surface area contributed by atoms with Crippen LogP contribution in [0.3, 0.4) is 0 Å². The van der Waals surface area contributed by atoms with Crippen LogP contribution in [0, 0.1) is 13.8 Å². The molecule has 3 N–H and O–H groups in total. The minimum Gasteiger partial charge on any atom is -0.342 e. The van der Waals surface area contributed by atoms with Crippen molar-refractivity contribution in [2.24, 2.45) is 0 Å². The number of anilines is 2. The number of aromatic nitrogens is 5. The molecule has 2 aromatic rings. The Bertz CT molecular complexity index is 745. The summed E-state index contributed by atoms with van der Waals surface area (Å²) in [5.41, 5.74) is 1.46. The average molecular weight is 389 g/mol. The number of aryl methyl sites for hydroxylation is 2. The largest absolute Gasteiger partial charge is 0.451 e. The van der Waals surface area contributed by atoms with Crippen molar-refractivity contribution in [1.29, 1.82) is 0 Å². The number of rotatable bonds is 7. The topological polar surface area (TPSA) is 108 Å². The van der Waals surface area contributed by atoms with Crippen LogP contribution < -0.4 is 10.6 Å². The van der Waals surface area contributed by atoms with Crippen LogP contribution in [0.1, 0.15) is 23.6 Å². The fourth-order valence-electron chi connectivity index (χ4n) is 2.09. The summed E-state index contributed by atoms with van der Waals surface area (Å²) in [6.45, 7) is 3.59. The second-order valence-corrected chi connectivity index (χ2v) is 6.43. The molecule has 1 atom stereocenters. The van der Waals surface area contributed by atoms with Crippen molar-refractivity contribution in [2.45, 2.75) is 32.5 Å². The van der Waals surface area contributed by atoms with Gasteiger partial charge in [-0.15, -0.1) is 5.10 Å². The summed E-state index contributed by atoms with van der Waals surface area (Å²) >= 11 is 1.53. The molecule has 26 heavy (non-hydrogen) atoms. The Kier molecular flexibility index (Phi) is 6.40. The molecule has 0 fully saturated rings. The summed E-state index contributed by atoms with van der Waals surface area (Å²) in [7, 11) is 0. The van der Waals surface area contributed by atoms with E-state index in [4.69, 9.17) is 0 Å². The fraction of sp³-hybridized carbons (Fsp3) is 0.500. The maximum Gasteiger partial charge on any atom is 0.451 e. The number of nitrogens with one attached hydrogen (secondary N) is 3. The Labute approximate surface area is 151 Å². The van der Waals surface area contributed by atoms with E-state index in [0.29, 0.717) is 12.2 Å². The molecule has 0 aliphatic carbocycles. The molecule has 0 radical (unpaired) electrons. The zero-order chi connectivity index (χ0) is 19.3. The van der Waals surface area contributed by atoms with Gasteiger partial charge < -0.3 is 5.32 Å². The highest BCUT2D eigenvalue weighted by atomic mass is 32.2. The molecule has 0 bridgehead atoms.